The van der Waals surface area contributed by atoms with E-state index < -0.39 is 4.92 Å². The molecular formula is C15H11ClN4O2. The molecule has 7 heteroatoms. The van der Waals surface area contributed by atoms with Gasteiger partial charge in [0.1, 0.15) is 11.3 Å². The van der Waals surface area contributed by atoms with Gasteiger partial charge in [-0.2, -0.15) is 0 Å². The van der Waals surface area contributed by atoms with Crippen LogP contribution in [0.25, 0.3) is 11.3 Å². The van der Waals surface area contributed by atoms with E-state index in [1.165, 1.54) is 6.07 Å². The minimum Gasteiger partial charge on any atom is -0.258 e. The van der Waals surface area contributed by atoms with Crippen molar-refractivity contribution in [3.05, 3.63) is 75.4 Å². The predicted molar refractivity (Wildman–Crippen MR) is 82.7 cm³/mol. The van der Waals surface area contributed by atoms with Crippen LogP contribution in [0.2, 0.25) is 5.02 Å². The molecule has 0 saturated heterocycles. The molecule has 2 aromatic carbocycles. The molecule has 0 aliphatic carbocycles. The lowest BCUT2D eigenvalue weighted by Crippen LogP contribution is -1.99. The molecule has 0 fully saturated rings. The van der Waals surface area contributed by atoms with Crippen molar-refractivity contribution in [1.82, 2.24) is 15.0 Å². The quantitative estimate of drug-likeness (QED) is 0.545. The molecule has 0 atom stereocenters. The van der Waals surface area contributed by atoms with Crippen LogP contribution in [0, 0.1) is 10.1 Å². The Hall–Kier alpha value is -2.73. The fourth-order valence-corrected chi connectivity index (χ4v) is 2.45. The Morgan fingerprint density at radius 3 is 2.64 bits per heavy atom. The van der Waals surface area contributed by atoms with Crippen molar-refractivity contribution in [2.75, 3.05) is 0 Å². The smallest absolute Gasteiger partial charge is 0.258 e. The normalized spacial score (nSPS) is 10.6. The maximum Gasteiger partial charge on any atom is 0.280 e. The van der Waals surface area contributed by atoms with Gasteiger partial charge in [0, 0.05) is 6.07 Å². The minimum atomic E-state index is -0.475. The van der Waals surface area contributed by atoms with Crippen molar-refractivity contribution in [1.29, 1.82) is 0 Å². The lowest BCUT2D eigenvalue weighted by Gasteiger charge is -2.01. The van der Waals surface area contributed by atoms with E-state index in [-0.39, 0.29) is 16.3 Å². The first kappa shape index (κ1) is 14.2. The van der Waals surface area contributed by atoms with E-state index >= 15 is 0 Å². The van der Waals surface area contributed by atoms with Crippen molar-refractivity contribution < 1.29 is 4.92 Å². The largest absolute Gasteiger partial charge is 0.280 e. The highest BCUT2D eigenvalue weighted by Gasteiger charge is 2.20. The monoisotopic (exact) mass is 314 g/mol. The van der Waals surface area contributed by atoms with E-state index in [2.05, 4.69) is 10.3 Å². The van der Waals surface area contributed by atoms with Gasteiger partial charge in [-0.25, -0.2) is 4.68 Å². The summed E-state index contributed by atoms with van der Waals surface area (Å²) < 4.78 is 1.62. The zero-order valence-corrected chi connectivity index (χ0v) is 12.1. The van der Waals surface area contributed by atoms with Gasteiger partial charge in [-0.1, -0.05) is 53.2 Å². The Morgan fingerprint density at radius 1 is 1.14 bits per heavy atom. The van der Waals surface area contributed by atoms with E-state index in [4.69, 9.17) is 11.6 Å². The lowest BCUT2D eigenvalue weighted by molar-refractivity contribution is -0.384. The van der Waals surface area contributed by atoms with Crippen molar-refractivity contribution in [3.8, 4) is 11.3 Å². The number of nitro benzene ring substituents is 1. The molecule has 0 amide bonds. The van der Waals surface area contributed by atoms with Crippen molar-refractivity contribution >= 4 is 17.3 Å². The van der Waals surface area contributed by atoms with E-state index in [0.717, 1.165) is 5.56 Å². The first-order chi connectivity index (χ1) is 10.6. The van der Waals surface area contributed by atoms with E-state index in [1.54, 1.807) is 23.0 Å². The molecular weight excluding hydrogens is 304 g/mol. The highest BCUT2D eigenvalue weighted by atomic mass is 35.5. The van der Waals surface area contributed by atoms with E-state index in [0.29, 0.717) is 12.2 Å². The summed E-state index contributed by atoms with van der Waals surface area (Å²) in [6, 6.07) is 14.3. The van der Waals surface area contributed by atoms with Crippen LogP contribution in [0.15, 0.2) is 54.7 Å². The Morgan fingerprint density at radius 2 is 1.91 bits per heavy atom. The topological polar surface area (TPSA) is 73.8 Å². The summed E-state index contributed by atoms with van der Waals surface area (Å²) in [6.45, 7) is 0.534. The molecule has 0 radical (unpaired) electrons. The summed E-state index contributed by atoms with van der Waals surface area (Å²) in [5.41, 5.74) is 1.65. The lowest BCUT2D eigenvalue weighted by atomic mass is 10.1. The first-order valence-corrected chi connectivity index (χ1v) is 6.90. The van der Waals surface area contributed by atoms with E-state index in [1.807, 2.05) is 30.3 Å². The Kier molecular flexibility index (Phi) is 3.84. The van der Waals surface area contributed by atoms with Gasteiger partial charge in [-0.15, -0.1) is 5.10 Å². The standard InChI is InChI=1S/C15H11ClN4O2/c16-12-7-4-8-14(20(21)22)15(12)13-10-19(18-17-13)9-11-5-2-1-3-6-11/h1-8,10H,9H2. The average Bonchev–Trinajstić information content (AvgIpc) is 2.96. The highest BCUT2D eigenvalue weighted by Crippen LogP contribution is 2.34. The number of benzene rings is 2. The molecule has 0 N–H and O–H groups in total. The van der Waals surface area contributed by atoms with Gasteiger partial charge < -0.3 is 0 Å². The van der Waals surface area contributed by atoms with Crippen LogP contribution < -0.4 is 0 Å². The van der Waals surface area contributed by atoms with Gasteiger partial charge in [-0.3, -0.25) is 10.1 Å². The maximum absolute atomic E-state index is 11.1. The molecule has 110 valence electrons. The molecule has 1 heterocycles. The van der Waals surface area contributed by atoms with Crippen LogP contribution in [0.1, 0.15) is 5.56 Å². The third-order valence-electron chi connectivity index (χ3n) is 3.17. The van der Waals surface area contributed by atoms with Gasteiger partial charge in [0.2, 0.25) is 0 Å². The summed E-state index contributed by atoms with van der Waals surface area (Å²) in [6.07, 6.45) is 1.65. The number of rotatable bonds is 4. The molecule has 22 heavy (non-hydrogen) atoms. The third kappa shape index (κ3) is 2.82. The second-order valence-electron chi connectivity index (χ2n) is 4.68. The molecule has 3 rings (SSSR count). The molecule has 0 aliphatic rings. The van der Waals surface area contributed by atoms with Crippen LogP contribution in [-0.4, -0.2) is 19.9 Å². The summed E-state index contributed by atoms with van der Waals surface area (Å²) in [5, 5.41) is 19.4. The zero-order valence-electron chi connectivity index (χ0n) is 11.4. The summed E-state index contributed by atoms with van der Waals surface area (Å²) in [7, 11) is 0. The number of hydrogen-bond acceptors (Lipinski definition) is 4. The molecule has 1 aromatic heterocycles. The third-order valence-corrected chi connectivity index (χ3v) is 3.49. The molecule has 0 saturated carbocycles. The van der Waals surface area contributed by atoms with Gasteiger partial charge in [0.15, 0.2) is 0 Å². The summed E-state index contributed by atoms with van der Waals surface area (Å²) >= 11 is 6.10. The zero-order chi connectivity index (χ0) is 15.5. The van der Waals surface area contributed by atoms with Crippen molar-refractivity contribution in [2.45, 2.75) is 6.54 Å². The Balaban J connectivity index is 1.96. The highest BCUT2D eigenvalue weighted by molar-refractivity contribution is 6.33. The van der Waals surface area contributed by atoms with Gasteiger partial charge in [-0.05, 0) is 11.6 Å². The van der Waals surface area contributed by atoms with Crippen molar-refractivity contribution in [2.24, 2.45) is 0 Å². The number of halogens is 1. The molecule has 0 spiro atoms. The molecule has 0 aliphatic heterocycles. The fraction of sp³-hybridized carbons (Fsp3) is 0.0667. The van der Waals surface area contributed by atoms with Crippen LogP contribution in [0.4, 0.5) is 5.69 Å². The summed E-state index contributed by atoms with van der Waals surface area (Å²) in [4.78, 5) is 10.7. The van der Waals surface area contributed by atoms with E-state index in [9.17, 15) is 10.1 Å². The van der Waals surface area contributed by atoms with Crippen LogP contribution >= 0.6 is 11.6 Å². The Bertz CT molecular complexity index is 817. The second kappa shape index (κ2) is 5.95. The Labute approximate surface area is 131 Å². The predicted octanol–water partition coefficient (Wildman–Crippen LogP) is 3.56. The SMILES string of the molecule is O=[N+]([O-])c1cccc(Cl)c1-c1cn(Cc2ccccc2)nn1. The van der Waals surface area contributed by atoms with Crippen LogP contribution in [0.3, 0.4) is 0 Å². The van der Waals surface area contributed by atoms with Gasteiger partial charge in [0.05, 0.1) is 22.7 Å². The number of nitro groups is 1. The molecule has 6 nitrogen and oxygen atoms in total. The first-order valence-electron chi connectivity index (χ1n) is 6.52. The number of nitrogens with zero attached hydrogens (tertiary/aromatic N) is 4. The molecule has 0 unspecified atom stereocenters. The number of hydrogen-bond donors (Lipinski definition) is 0. The van der Waals surface area contributed by atoms with Gasteiger partial charge >= 0.3 is 0 Å². The molecule has 3 aromatic rings. The maximum atomic E-state index is 11.1. The molecule has 0 bridgehead atoms. The average molecular weight is 315 g/mol. The van der Waals surface area contributed by atoms with Crippen LogP contribution in [0.5, 0.6) is 0 Å². The van der Waals surface area contributed by atoms with Crippen molar-refractivity contribution in [3.63, 3.8) is 0 Å². The second-order valence-corrected chi connectivity index (χ2v) is 5.09. The van der Waals surface area contributed by atoms with Crippen LogP contribution in [-0.2, 0) is 6.54 Å². The minimum absolute atomic E-state index is 0.0840. The fourth-order valence-electron chi connectivity index (χ4n) is 2.18. The van der Waals surface area contributed by atoms with Gasteiger partial charge in [0.25, 0.3) is 5.69 Å². The number of aromatic nitrogens is 3. The summed E-state index contributed by atoms with van der Waals surface area (Å²) in [5.74, 6) is 0.